The molecular weight excluding hydrogens is 418 g/mol. The van der Waals surface area contributed by atoms with Crippen molar-refractivity contribution in [2.45, 2.75) is 25.8 Å². The number of aryl methyl sites for hydroxylation is 1. The summed E-state index contributed by atoms with van der Waals surface area (Å²) in [6.07, 6.45) is 0.368. The monoisotopic (exact) mass is 443 g/mol. The largest absolute Gasteiger partial charge is 0.455 e. The summed E-state index contributed by atoms with van der Waals surface area (Å²) in [6.45, 7) is 3.41. The molecule has 3 aromatic rings. The molecule has 4 amide bonds. The van der Waals surface area contributed by atoms with Crippen LogP contribution in [-0.2, 0) is 15.1 Å². The number of hydrogen-bond donors (Lipinski definition) is 2. The number of carbonyl (C=O) groups excluding carboxylic acids is 3. The highest BCUT2D eigenvalue weighted by atomic mass is 16.5. The van der Waals surface area contributed by atoms with Gasteiger partial charge < -0.3 is 15.4 Å². The Balaban J connectivity index is 1.49. The molecule has 2 N–H and O–H groups in total. The molecule has 33 heavy (non-hydrogen) atoms. The molecule has 1 saturated heterocycles. The van der Waals surface area contributed by atoms with Crippen LogP contribution in [0.4, 0.5) is 10.5 Å². The summed E-state index contributed by atoms with van der Waals surface area (Å²) in [6, 6.07) is 23.0. The van der Waals surface area contributed by atoms with Crippen molar-refractivity contribution in [3.63, 3.8) is 0 Å². The van der Waals surface area contributed by atoms with E-state index in [1.807, 2.05) is 56.3 Å². The summed E-state index contributed by atoms with van der Waals surface area (Å²) in [5.74, 6) is 0.144. The Morgan fingerprint density at radius 1 is 0.970 bits per heavy atom. The zero-order valence-corrected chi connectivity index (χ0v) is 18.5. The van der Waals surface area contributed by atoms with Crippen LogP contribution in [0.3, 0.4) is 0 Å². The number of amides is 4. The van der Waals surface area contributed by atoms with E-state index >= 15 is 0 Å². The average molecular weight is 444 g/mol. The highest BCUT2D eigenvalue weighted by molar-refractivity contribution is 6.10. The maximum Gasteiger partial charge on any atom is 0.325 e. The highest BCUT2D eigenvalue weighted by Crippen LogP contribution is 2.33. The molecule has 0 unspecified atom stereocenters. The second-order valence-corrected chi connectivity index (χ2v) is 7.91. The van der Waals surface area contributed by atoms with Crippen LogP contribution in [0.2, 0.25) is 0 Å². The average Bonchev–Trinajstić information content (AvgIpc) is 3.07. The normalized spacial score (nSPS) is 17.6. The van der Waals surface area contributed by atoms with Gasteiger partial charge in [-0.15, -0.1) is 0 Å². The number of carbonyl (C=O) groups is 3. The van der Waals surface area contributed by atoms with Gasteiger partial charge in [0, 0.05) is 0 Å². The maximum absolute atomic E-state index is 13.2. The lowest BCUT2D eigenvalue weighted by atomic mass is 9.87. The number of rotatable bonds is 7. The molecule has 0 bridgehead atoms. The molecule has 3 aromatic carbocycles. The van der Waals surface area contributed by atoms with Crippen LogP contribution >= 0.6 is 0 Å². The smallest absolute Gasteiger partial charge is 0.325 e. The summed E-state index contributed by atoms with van der Waals surface area (Å²) in [5, 5.41) is 5.54. The number of nitrogens with zero attached hydrogens (tertiary/aromatic N) is 1. The van der Waals surface area contributed by atoms with Crippen molar-refractivity contribution in [1.82, 2.24) is 10.2 Å². The first-order valence-corrected chi connectivity index (χ1v) is 10.8. The van der Waals surface area contributed by atoms with Crippen LogP contribution < -0.4 is 15.4 Å². The molecular formula is C26H25N3O4. The lowest BCUT2D eigenvalue weighted by Gasteiger charge is -2.25. The standard InChI is InChI=1S/C26H25N3O4/c1-3-26(19-9-5-4-6-10-19)24(31)29(25(32)28-26)17-23(30)27-21-11-7-8-12-22(21)33-20-15-13-18(2)14-16-20/h4-16H,3,17H2,1-2H3,(H,27,30)(H,28,32)/t26-/m0/s1. The molecule has 7 nitrogen and oxygen atoms in total. The minimum absolute atomic E-state index is 0.368. The quantitative estimate of drug-likeness (QED) is 0.523. The summed E-state index contributed by atoms with van der Waals surface area (Å²) < 4.78 is 5.91. The molecule has 0 aromatic heterocycles. The van der Waals surface area contributed by atoms with Gasteiger partial charge in [0.15, 0.2) is 5.75 Å². The first kappa shape index (κ1) is 22.1. The van der Waals surface area contributed by atoms with E-state index in [1.165, 1.54) is 0 Å². The Morgan fingerprint density at radius 2 is 1.64 bits per heavy atom. The fourth-order valence-electron chi connectivity index (χ4n) is 3.86. The summed E-state index contributed by atoms with van der Waals surface area (Å²) in [4.78, 5) is 39.6. The van der Waals surface area contributed by atoms with Gasteiger partial charge in [-0.1, -0.05) is 67.1 Å². The van der Waals surface area contributed by atoms with Gasteiger partial charge in [-0.25, -0.2) is 4.79 Å². The summed E-state index contributed by atoms with van der Waals surface area (Å²) in [5.41, 5.74) is 1.06. The molecule has 1 aliphatic rings. The number of ether oxygens (including phenoxy) is 1. The van der Waals surface area contributed by atoms with Gasteiger partial charge in [0.05, 0.1) is 5.69 Å². The van der Waals surface area contributed by atoms with Crippen LogP contribution in [0.5, 0.6) is 11.5 Å². The van der Waals surface area contributed by atoms with E-state index in [1.54, 1.807) is 36.4 Å². The van der Waals surface area contributed by atoms with Crippen LogP contribution in [0.1, 0.15) is 24.5 Å². The third kappa shape index (κ3) is 4.43. The Morgan fingerprint density at radius 3 is 2.33 bits per heavy atom. The number of nitrogens with one attached hydrogen (secondary N) is 2. The van der Waals surface area contributed by atoms with Gasteiger partial charge in [0.1, 0.15) is 17.8 Å². The summed E-state index contributed by atoms with van der Waals surface area (Å²) in [7, 11) is 0. The number of imide groups is 1. The van der Waals surface area contributed by atoms with Crippen LogP contribution in [0.25, 0.3) is 0 Å². The number of para-hydroxylation sites is 2. The number of hydrogen-bond acceptors (Lipinski definition) is 4. The van der Waals surface area contributed by atoms with Gasteiger partial charge in [0.2, 0.25) is 5.91 Å². The predicted molar refractivity (Wildman–Crippen MR) is 125 cm³/mol. The molecule has 168 valence electrons. The van der Waals surface area contributed by atoms with Crippen molar-refractivity contribution in [3.05, 3.63) is 90.0 Å². The number of urea groups is 1. The predicted octanol–water partition coefficient (Wildman–Crippen LogP) is 4.58. The fourth-order valence-corrected chi connectivity index (χ4v) is 3.86. The topological polar surface area (TPSA) is 87.7 Å². The number of anilines is 1. The van der Waals surface area contributed by atoms with Gasteiger partial charge >= 0.3 is 6.03 Å². The Bertz CT molecular complexity index is 1180. The third-order valence-corrected chi connectivity index (χ3v) is 5.68. The van der Waals surface area contributed by atoms with Gasteiger partial charge in [-0.3, -0.25) is 14.5 Å². The first-order chi connectivity index (χ1) is 15.9. The van der Waals surface area contributed by atoms with Gasteiger partial charge in [-0.2, -0.15) is 0 Å². The van der Waals surface area contributed by atoms with E-state index in [2.05, 4.69) is 10.6 Å². The number of benzene rings is 3. The molecule has 1 atom stereocenters. The van der Waals surface area contributed by atoms with Crippen molar-refractivity contribution >= 4 is 23.5 Å². The lowest BCUT2D eigenvalue weighted by molar-refractivity contribution is -0.134. The van der Waals surface area contributed by atoms with Crippen molar-refractivity contribution in [1.29, 1.82) is 0 Å². The van der Waals surface area contributed by atoms with Crippen LogP contribution in [0.15, 0.2) is 78.9 Å². The molecule has 1 aliphatic heterocycles. The SMILES string of the molecule is CC[C@@]1(c2ccccc2)NC(=O)N(CC(=O)Nc2ccccc2Oc2ccc(C)cc2)C1=O. The molecule has 4 rings (SSSR count). The van der Waals surface area contributed by atoms with E-state index in [4.69, 9.17) is 4.74 Å². The first-order valence-electron chi connectivity index (χ1n) is 10.8. The van der Waals surface area contributed by atoms with Crippen LogP contribution in [0, 0.1) is 6.92 Å². The molecule has 0 aliphatic carbocycles. The van der Waals surface area contributed by atoms with Crippen molar-refractivity contribution < 1.29 is 19.1 Å². The zero-order chi connectivity index (χ0) is 23.4. The fraction of sp³-hybridized carbons (Fsp3) is 0.192. The maximum atomic E-state index is 13.2. The second-order valence-electron chi connectivity index (χ2n) is 7.91. The van der Waals surface area contributed by atoms with E-state index < -0.39 is 29.9 Å². The zero-order valence-electron chi connectivity index (χ0n) is 18.5. The highest BCUT2D eigenvalue weighted by Gasteiger charge is 2.51. The van der Waals surface area contributed by atoms with Crippen molar-refractivity contribution in [3.8, 4) is 11.5 Å². The Labute approximate surface area is 192 Å². The van der Waals surface area contributed by atoms with E-state index in [-0.39, 0.29) is 0 Å². The Hall–Kier alpha value is -4.13. The van der Waals surface area contributed by atoms with E-state index in [9.17, 15) is 14.4 Å². The molecule has 0 spiro atoms. The van der Waals surface area contributed by atoms with Gasteiger partial charge in [0.25, 0.3) is 5.91 Å². The second kappa shape index (κ2) is 9.16. The Kier molecular flexibility index (Phi) is 6.13. The van der Waals surface area contributed by atoms with E-state index in [0.717, 1.165) is 10.5 Å². The molecule has 0 radical (unpaired) electrons. The lowest BCUT2D eigenvalue weighted by Crippen LogP contribution is -2.44. The van der Waals surface area contributed by atoms with Crippen molar-refractivity contribution in [2.24, 2.45) is 0 Å². The summed E-state index contributed by atoms with van der Waals surface area (Å²) >= 11 is 0. The van der Waals surface area contributed by atoms with Crippen LogP contribution in [-0.4, -0.2) is 29.3 Å². The molecule has 1 heterocycles. The molecule has 0 saturated carbocycles. The van der Waals surface area contributed by atoms with Gasteiger partial charge in [-0.05, 0) is 43.2 Å². The van der Waals surface area contributed by atoms with Crippen molar-refractivity contribution in [2.75, 3.05) is 11.9 Å². The van der Waals surface area contributed by atoms with E-state index in [0.29, 0.717) is 29.2 Å². The molecule has 1 fully saturated rings. The third-order valence-electron chi connectivity index (χ3n) is 5.68. The minimum atomic E-state index is -1.18. The minimum Gasteiger partial charge on any atom is -0.455 e. The molecule has 7 heteroatoms.